The van der Waals surface area contributed by atoms with E-state index in [0.29, 0.717) is 0 Å². The van der Waals surface area contributed by atoms with Gasteiger partial charge in [0.25, 0.3) is 0 Å². The summed E-state index contributed by atoms with van der Waals surface area (Å²) in [4.78, 5) is 0. The average Bonchev–Trinajstić information content (AvgIpc) is 2.17. The van der Waals surface area contributed by atoms with Gasteiger partial charge in [0.05, 0.1) is 0 Å². The van der Waals surface area contributed by atoms with Gasteiger partial charge in [-0.3, -0.25) is 0 Å². The Kier molecular flexibility index (Phi) is 11.6. The SMILES string of the molecule is CC.CC.Cc1cc[n+](C)cc1. The first-order valence-corrected chi connectivity index (χ1v) is 4.71. The van der Waals surface area contributed by atoms with Crippen molar-refractivity contribution < 1.29 is 4.57 Å². The maximum atomic E-state index is 2.08. The summed E-state index contributed by atoms with van der Waals surface area (Å²) in [5.41, 5.74) is 1.31. The molecule has 0 spiro atoms. The molecule has 0 aromatic carbocycles. The fraction of sp³-hybridized carbons (Fsp3) is 0.545. The number of nitrogens with zero attached hydrogens (tertiary/aromatic N) is 1. The number of pyridine rings is 1. The predicted molar refractivity (Wildman–Crippen MR) is 55.1 cm³/mol. The van der Waals surface area contributed by atoms with Crippen molar-refractivity contribution in [2.24, 2.45) is 7.05 Å². The first-order chi connectivity index (χ1) is 5.79. The van der Waals surface area contributed by atoms with Crippen molar-refractivity contribution in [1.29, 1.82) is 0 Å². The zero-order chi connectivity index (χ0) is 9.98. The van der Waals surface area contributed by atoms with Gasteiger partial charge in [-0.2, -0.15) is 0 Å². The van der Waals surface area contributed by atoms with Crippen LogP contribution in [-0.2, 0) is 7.05 Å². The molecular weight excluding hydrogens is 146 g/mol. The van der Waals surface area contributed by atoms with E-state index in [4.69, 9.17) is 0 Å². The number of hydrogen-bond acceptors (Lipinski definition) is 0. The van der Waals surface area contributed by atoms with E-state index >= 15 is 0 Å². The van der Waals surface area contributed by atoms with E-state index in [9.17, 15) is 0 Å². The first-order valence-electron chi connectivity index (χ1n) is 4.71. The van der Waals surface area contributed by atoms with E-state index in [1.54, 1.807) is 0 Å². The summed E-state index contributed by atoms with van der Waals surface area (Å²) in [6, 6.07) is 4.17. The van der Waals surface area contributed by atoms with Gasteiger partial charge in [0.1, 0.15) is 7.05 Å². The molecule has 0 aliphatic heterocycles. The molecule has 1 rings (SSSR count). The summed E-state index contributed by atoms with van der Waals surface area (Å²) >= 11 is 0. The lowest BCUT2D eigenvalue weighted by atomic mass is 10.3. The third-order valence-corrected chi connectivity index (χ3v) is 1.15. The first kappa shape index (κ1) is 13.7. The van der Waals surface area contributed by atoms with Crippen LogP contribution in [-0.4, -0.2) is 0 Å². The van der Waals surface area contributed by atoms with Crippen molar-refractivity contribution in [3.63, 3.8) is 0 Å². The van der Waals surface area contributed by atoms with Gasteiger partial charge >= 0.3 is 0 Å². The van der Waals surface area contributed by atoms with Crippen LogP contribution in [0.15, 0.2) is 24.5 Å². The Morgan fingerprint density at radius 2 is 1.25 bits per heavy atom. The van der Waals surface area contributed by atoms with Crippen molar-refractivity contribution in [3.8, 4) is 0 Å². The van der Waals surface area contributed by atoms with E-state index in [2.05, 4.69) is 19.1 Å². The molecule has 0 unspecified atom stereocenters. The molecule has 0 saturated carbocycles. The quantitative estimate of drug-likeness (QED) is 0.524. The second kappa shape index (κ2) is 10.2. The summed E-state index contributed by atoms with van der Waals surface area (Å²) < 4.78 is 2.02. The topological polar surface area (TPSA) is 3.88 Å². The van der Waals surface area contributed by atoms with Crippen molar-refractivity contribution >= 4 is 0 Å². The minimum absolute atomic E-state index is 1.31. The lowest BCUT2D eigenvalue weighted by Gasteiger charge is -1.85. The Morgan fingerprint density at radius 1 is 0.917 bits per heavy atom. The van der Waals surface area contributed by atoms with Crippen LogP contribution >= 0.6 is 0 Å². The maximum Gasteiger partial charge on any atom is 0.168 e. The largest absolute Gasteiger partial charge is 0.208 e. The molecule has 1 aromatic rings. The predicted octanol–water partition coefficient (Wildman–Crippen LogP) is 2.87. The van der Waals surface area contributed by atoms with Crippen molar-refractivity contribution in [2.75, 3.05) is 0 Å². The Balaban J connectivity index is 0. The molecule has 0 radical (unpaired) electrons. The van der Waals surface area contributed by atoms with Crippen molar-refractivity contribution in [1.82, 2.24) is 0 Å². The van der Waals surface area contributed by atoms with Crippen LogP contribution in [0.4, 0.5) is 0 Å². The molecule has 0 amide bonds. The van der Waals surface area contributed by atoms with Gasteiger partial charge in [-0.1, -0.05) is 27.7 Å². The van der Waals surface area contributed by atoms with E-state index < -0.39 is 0 Å². The lowest BCUT2D eigenvalue weighted by molar-refractivity contribution is -0.671. The van der Waals surface area contributed by atoms with Gasteiger partial charge in [-0.15, -0.1) is 0 Å². The molecule has 0 aliphatic rings. The Morgan fingerprint density at radius 3 is 1.50 bits per heavy atom. The molecule has 0 atom stereocenters. The normalized spacial score (nSPS) is 7.17. The number of aromatic nitrogens is 1. The number of aryl methyl sites for hydroxylation is 2. The van der Waals surface area contributed by atoms with Crippen molar-refractivity contribution in [2.45, 2.75) is 34.6 Å². The molecule has 0 bridgehead atoms. The summed E-state index contributed by atoms with van der Waals surface area (Å²) in [5, 5.41) is 0. The van der Waals surface area contributed by atoms with E-state index in [1.807, 2.05) is 51.7 Å². The monoisotopic (exact) mass is 168 g/mol. The van der Waals surface area contributed by atoms with Gasteiger partial charge < -0.3 is 0 Å². The molecule has 0 fully saturated rings. The summed E-state index contributed by atoms with van der Waals surface area (Å²) in [6.45, 7) is 10.1. The zero-order valence-electron chi connectivity index (χ0n) is 9.26. The molecule has 12 heavy (non-hydrogen) atoms. The van der Waals surface area contributed by atoms with Crippen molar-refractivity contribution in [3.05, 3.63) is 30.1 Å². The third kappa shape index (κ3) is 7.26. The fourth-order valence-electron chi connectivity index (χ4n) is 0.576. The second-order valence-corrected chi connectivity index (χ2v) is 2.04. The van der Waals surface area contributed by atoms with Gasteiger partial charge in [0.15, 0.2) is 12.4 Å². The minimum Gasteiger partial charge on any atom is -0.208 e. The van der Waals surface area contributed by atoms with Crippen LogP contribution in [0.3, 0.4) is 0 Å². The standard InChI is InChI=1S/C7H10N.2C2H6/c1-7-3-5-8(2)6-4-7;2*1-2/h3-6H,1-2H3;2*1-2H3/q+1;;. The zero-order valence-corrected chi connectivity index (χ0v) is 9.26. The molecule has 0 N–H and O–H groups in total. The Bertz CT molecular complexity index is 144. The smallest absolute Gasteiger partial charge is 0.168 e. The minimum atomic E-state index is 1.31. The highest BCUT2D eigenvalue weighted by Crippen LogP contribution is 1.87. The van der Waals surface area contributed by atoms with Crippen LogP contribution in [0.2, 0.25) is 0 Å². The molecule has 0 saturated heterocycles. The summed E-state index contributed by atoms with van der Waals surface area (Å²) in [5.74, 6) is 0. The maximum absolute atomic E-state index is 2.08. The Labute approximate surface area is 77.1 Å². The van der Waals surface area contributed by atoms with Crippen LogP contribution in [0.5, 0.6) is 0 Å². The molecule has 1 aromatic heterocycles. The second-order valence-electron chi connectivity index (χ2n) is 2.04. The van der Waals surface area contributed by atoms with Crippen LogP contribution in [0.25, 0.3) is 0 Å². The number of rotatable bonds is 0. The van der Waals surface area contributed by atoms with Gasteiger partial charge in [0, 0.05) is 12.1 Å². The van der Waals surface area contributed by atoms with Gasteiger partial charge in [0.2, 0.25) is 0 Å². The van der Waals surface area contributed by atoms with E-state index in [-0.39, 0.29) is 0 Å². The van der Waals surface area contributed by atoms with Gasteiger partial charge in [-0.25, -0.2) is 4.57 Å². The highest BCUT2D eigenvalue weighted by atomic mass is 14.9. The van der Waals surface area contributed by atoms with Crippen LogP contribution in [0, 0.1) is 6.92 Å². The Hall–Kier alpha value is -0.850. The fourth-order valence-corrected chi connectivity index (χ4v) is 0.576. The highest BCUT2D eigenvalue weighted by Gasteiger charge is 1.85. The molecule has 1 heteroatoms. The average molecular weight is 168 g/mol. The molecular formula is C11H22N+. The summed E-state index contributed by atoms with van der Waals surface area (Å²) in [6.07, 6.45) is 4.07. The molecule has 1 nitrogen and oxygen atoms in total. The van der Waals surface area contributed by atoms with E-state index in [0.717, 1.165) is 0 Å². The van der Waals surface area contributed by atoms with E-state index in [1.165, 1.54) is 5.56 Å². The van der Waals surface area contributed by atoms with Crippen LogP contribution in [0.1, 0.15) is 33.3 Å². The summed E-state index contributed by atoms with van der Waals surface area (Å²) in [7, 11) is 2.01. The molecule has 0 aliphatic carbocycles. The van der Waals surface area contributed by atoms with Gasteiger partial charge in [-0.05, 0) is 12.5 Å². The highest BCUT2D eigenvalue weighted by molar-refractivity contribution is 5.02. The lowest BCUT2D eigenvalue weighted by Crippen LogP contribution is -2.25. The van der Waals surface area contributed by atoms with Crippen LogP contribution < -0.4 is 4.57 Å². The molecule has 70 valence electrons. The molecule has 1 heterocycles. The third-order valence-electron chi connectivity index (χ3n) is 1.15. The number of hydrogen-bond donors (Lipinski definition) is 0.